The lowest BCUT2D eigenvalue weighted by Crippen LogP contribution is -2.16. The van der Waals surface area contributed by atoms with Crippen molar-refractivity contribution < 1.29 is 0 Å². The maximum absolute atomic E-state index is 5.61. The van der Waals surface area contributed by atoms with Gasteiger partial charge in [-0.15, -0.1) is 0 Å². The molecule has 1 rings (SSSR count). The molecule has 2 N–H and O–H groups in total. The maximum atomic E-state index is 5.61. The molecular formula is C9H17N5S. The molecule has 5 nitrogen and oxygen atoms in total. The van der Waals surface area contributed by atoms with Gasteiger partial charge in [0.2, 0.25) is 11.9 Å². The van der Waals surface area contributed by atoms with Crippen molar-refractivity contribution >= 4 is 23.7 Å². The summed E-state index contributed by atoms with van der Waals surface area (Å²) >= 11 is 1.58. The minimum absolute atomic E-state index is 0.0668. The number of anilines is 2. The molecule has 0 aromatic carbocycles. The van der Waals surface area contributed by atoms with E-state index in [1.165, 1.54) is 0 Å². The van der Waals surface area contributed by atoms with Crippen LogP contribution >= 0.6 is 11.8 Å². The first-order chi connectivity index (χ1) is 6.78. The molecule has 0 bridgehead atoms. The average Bonchev–Trinajstić information content (AvgIpc) is 1.99. The van der Waals surface area contributed by atoms with E-state index in [-0.39, 0.29) is 10.7 Å². The van der Waals surface area contributed by atoms with E-state index in [9.17, 15) is 0 Å². The summed E-state index contributed by atoms with van der Waals surface area (Å²) in [5.74, 6) is 0.856. The zero-order valence-corrected chi connectivity index (χ0v) is 10.6. The molecule has 0 saturated heterocycles. The number of hydrogen-bond donors (Lipinski definition) is 1. The van der Waals surface area contributed by atoms with Gasteiger partial charge in [0.1, 0.15) is 0 Å². The lowest BCUT2D eigenvalue weighted by molar-refractivity contribution is 0.786. The zero-order chi connectivity index (χ0) is 11.6. The Morgan fingerprint density at radius 2 is 1.73 bits per heavy atom. The van der Waals surface area contributed by atoms with Gasteiger partial charge in [0.25, 0.3) is 0 Å². The highest BCUT2D eigenvalue weighted by Gasteiger charge is 2.16. The lowest BCUT2D eigenvalue weighted by atomic mass is 10.3. The van der Waals surface area contributed by atoms with Crippen LogP contribution in [0.3, 0.4) is 0 Å². The van der Waals surface area contributed by atoms with Gasteiger partial charge >= 0.3 is 0 Å². The first-order valence-electron chi connectivity index (χ1n) is 4.66. The molecule has 0 spiro atoms. The normalized spacial score (nSPS) is 11.5. The van der Waals surface area contributed by atoms with E-state index in [1.807, 2.05) is 19.0 Å². The summed E-state index contributed by atoms with van der Waals surface area (Å²) in [5, 5.41) is 0.665. The Balaban J connectivity index is 2.99. The summed E-state index contributed by atoms with van der Waals surface area (Å²) in [4.78, 5) is 14.2. The zero-order valence-electron chi connectivity index (χ0n) is 9.77. The van der Waals surface area contributed by atoms with E-state index in [1.54, 1.807) is 11.8 Å². The van der Waals surface area contributed by atoms with E-state index in [0.717, 1.165) is 0 Å². The second-order valence-corrected chi connectivity index (χ2v) is 6.18. The Morgan fingerprint density at radius 1 is 1.13 bits per heavy atom. The van der Waals surface area contributed by atoms with E-state index in [2.05, 4.69) is 35.7 Å². The second-order valence-electron chi connectivity index (χ2n) is 4.39. The van der Waals surface area contributed by atoms with Crippen LogP contribution in [0.4, 0.5) is 11.9 Å². The number of nitrogens with zero attached hydrogens (tertiary/aromatic N) is 4. The summed E-state index contributed by atoms with van der Waals surface area (Å²) in [6.45, 7) is 6.31. The monoisotopic (exact) mass is 227 g/mol. The van der Waals surface area contributed by atoms with E-state index < -0.39 is 0 Å². The number of nitrogens with two attached hydrogens (primary N) is 1. The molecule has 0 aliphatic heterocycles. The van der Waals surface area contributed by atoms with Gasteiger partial charge in [-0.3, -0.25) is 0 Å². The smallest absolute Gasteiger partial charge is 0.230 e. The van der Waals surface area contributed by atoms with Crippen LogP contribution in [-0.4, -0.2) is 33.8 Å². The third-order valence-electron chi connectivity index (χ3n) is 1.42. The Morgan fingerprint density at radius 3 is 2.20 bits per heavy atom. The molecule has 1 aromatic heterocycles. The number of thioether (sulfide) groups is 1. The highest BCUT2D eigenvalue weighted by molar-refractivity contribution is 8.00. The third-order valence-corrected chi connectivity index (χ3v) is 2.40. The van der Waals surface area contributed by atoms with Crippen molar-refractivity contribution in [2.45, 2.75) is 30.7 Å². The van der Waals surface area contributed by atoms with Crippen LogP contribution in [0.25, 0.3) is 0 Å². The summed E-state index contributed by atoms with van der Waals surface area (Å²) < 4.78 is 0.0668. The summed E-state index contributed by atoms with van der Waals surface area (Å²) in [6, 6.07) is 0. The lowest BCUT2D eigenvalue weighted by Gasteiger charge is -2.17. The van der Waals surface area contributed by atoms with E-state index in [0.29, 0.717) is 11.1 Å². The number of nitrogen functional groups attached to an aromatic ring is 1. The van der Waals surface area contributed by atoms with Gasteiger partial charge in [0.15, 0.2) is 5.16 Å². The Kier molecular flexibility index (Phi) is 3.38. The van der Waals surface area contributed by atoms with Crippen molar-refractivity contribution in [1.82, 2.24) is 15.0 Å². The molecule has 0 radical (unpaired) electrons. The fourth-order valence-electron chi connectivity index (χ4n) is 0.881. The summed E-state index contributed by atoms with van der Waals surface area (Å²) in [7, 11) is 3.75. The highest BCUT2D eigenvalue weighted by Crippen LogP contribution is 2.29. The SMILES string of the molecule is CN(C)c1nc(N)nc(SC(C)(C)C)n1. The molecule has 0 unspecified atom stereocenters. The molecule has 6 heteroatoms. The first-order valence-corrected chi connectivity index (χ1v) is 5.47. The van der Waals surface area contributed by atoms with E-state index in [4.69, 9.17) is 5.73 Å². The van der Waals surface area contributed by atoms with Gasteiger partial charge < -0.3 is 10.6 Å². The number of hydrogen-bond acceptors (Lipinski definition) is 6. The minimum atomic E-state index is 0.0668. The molecule has 1 heterocycles. The molecule has 0 aliphatic carbocycles. The van der Waals surface area contributed by atoms with Gasteiger partial charge in [0, 0.05) is 18.8 Å². The Bertz CT molecular complexity index is 345. The molecule has 0 atom stereocenters. The van der Waals surface area contributed by atoms with Crippen LogP contribution in [0.5, 0.6) is 0 Å². The average molecular weight is 227 g/mol. The first kappa shape index (κ1) is 12.0. The van der Waals surface area contributed by atoms with Crippen molar-refractivity contribution in [3.8, 4) is 0 Å². The fourth-order valence-corrected chi connectivity index (χ4v) is 1.69. The summed E-state index contributed by atoms with van der Waals surface area (Å²) in [5.41, 5.74) is 5.61. The van der Waals surface area contributed by atoms with Gasteiger partial charge in [0.05, 0.1) is 0 Å². The molecule has 84 valence electrons. The molecule has 0 fully saturated rings. The largest absolute Gasteiger partial charge is 0.368 e. The highest BCUT2D eigenvalue weighted by atomic mass is 32.2. The van der Waals surface area contributed by atoms with Crippen LogP contribution in [0.1, 0.15) is 20.8 Å². The molecular weight excluding hydrogens is 210 g/mol. The van der Waals surface area contributed by atoms with Crippen LogP contribution in [0.15, 0.2) is 5.16 Å². The second kappa shape index (κ2) is 4.22. The van der Waals surface area contributed by atoms with Crippen LogP contribution in [0.2, 0.25) is 0 Å². The molecule has 0 amide bonds. The Hall–Kier alpha value is -1.04. The van der Waals surface area contributed by atoms with Crippen molar-refractivity contribution in [3.05, 3.63) is 0 Å². The molecule has 0 aliphatic rings. The van der Waals surface area contributed by atoms with Crippen LogP contribution < -0.4 is 10.6 Å². The predicted molar refractivity (Wildman–Crippen MR) is 64.2 cm³/mol. The van der Waals surface area contributed by atoms with Crippen LogP contribution in [0, 0.1) is 0 Å². The number of aromatic nitrogens is 3. The van der Waals surface area contributed by atoms with Crippen molar-refractivity contribution in [2.24, 2.45) is 0 Å². The molecule has 15 heavy (non-hydrogen) atoms. The van der Waals surface area contributed by atoms with Gasteiger partial charge in [-0.2, -0.15) is 15.0 Å². The van der Waals surface area contributed by atoms with Gasteiger partial charge in [-0.25, -0.2) is 0 Å². The summed E-state index contributed by atoms with van der Waals surface area (Å²) in [6.07, 6.45) is 0. The van der Waals surface area contributed by atoms with Crippen molar-refractivity contribution in [2.75, 3.05) is 24.7 Å². The van der Waals surface area contributed by atoms with Gasteiger partial charge in [-0.1, -0.05) is 32.5 Å². The standard InChI is InChI=1S/C9H17N5S/c1-9(2,3)15-8-12-6(10)11-7(13-8)14(4)5/h1-5H3,(H2,10,11,12,13). The quantitative estimate of drug-likeness (QED) is 0.770. The fraction of sp³-hybridized carbons (Fsp3) is 0.667. The minimum Gasteiger partial charge on any atom is -0.368 e. The third kappa shape index (κ3) is 3.91. The van der Waals surface area contributed by atoms with Crippen molar-refractivity contribution in [3.63, 3.8) is 0 Å². The topological polar surface area (TPSA) is 67.9 Å². The van der Waals surface area contributed by atoms with Crippen LogP contribution in [-0.2, 0) is 0 Å². The molecule has 0 saturated carbocycles. The molecule has 1 aromatic rings. The predicted octanol–water partition coefficient (Wildman–Crippen LogP) is 1.41. The van der Waals surface area contributed by atoms with Gasteiger partial charge in [-0.05, 0) is 0 Å². The Labute approximate surface area is 94.5 Å². The van der Waals surface area contributed by atoms with E-state index >= 15 is 0 Å². The number of rotatable bonds is 2. The van der Waals surface area contributed by atoms with Crippen molar-refractivity contribution in [1.29, 1.82) is 0 Å². The maximum Gasteiger partial charge on any atom is 0.230 e.